The number of ether oxygens (including phenoxy) is 2. The minimum Gasteiger partial charge on any atom is -0.493 e. The van der Waals surface area contributed by atoms with Gasteiger partial charge < -0.3 is 14.0 Å². The molecule has 0 unspecified atom stereocenters. The molecule has 2 heterocycles. The van der Waals surface area contributed by atoms with Gasteiger partial charge in [0.2, 0.25) is 11.7 Å². The highest BCUT2D eigenvalue weighted by atomic mass is 19.3. The SMILES string of the molecule is COc1cc(-c2noc(CN(C)[C@@H]3CCCc4c3cnn4C)n2)ccc1OC(F)F. The Labute approximate surface area is 172 Å². The average molecular weight is 419 g/mol. The maximum atomic E-state index is 12.5. The third kappa shape index (κ3) is 4.00. The third-order valence-electron chi connectivity index (χ3n) is 5.37. The molecule has 0 spiro atoms. The van der Waals surface area contributed by atoms with Gasteiger partial charge in [0.05, 0.1) is 19.9 Å². The lowest BCUT2D eigenvalue weighted by Crippen LogP contribution is -2.27. The first-order valence-corrected chi connectivity index (χ1v) is 9.63. The Morgan fingerprint density at radius 2 is 2.17 bits per heavy atom. The summed E-state index contributed by atoms with van der Waals surface area (Å²) < 4.78 is 42.0. The smallest absolute Gasteiger partial charge is 0.387 e. The minimum absolute atomic E-state index is 0.0516. The molecule has 0 fully saturated rings. The van der Waals surface area contributed by atoms with Crippen LogP contribution in [0.1, 0.15) is 36.0 Å². The van der Waals surface area contributed by atoms with Crippen LogP contribution in [0, 0.1) is 0 Å². The van der Waals surface area contributed by atoms with Gasteiger partial charge in [-0.15, -0.1) is 0 Å². The third-order valence-corrected chi connectivity index (χ3v) is 5.37. The first-order valence-electron chi connectivity index (χ1n) is 9.63. The van der Waals surface area contributed by atoms with Crippen LogP contribution in [0.3, 0.4) is 0 Å². The number of alkyl halides is 2. The van der Waals surface area contributed by atoms with E-state index in [9.17, 15) is 8.78 Å². The number of fused-ring (bicyclic) bond motifs is 1. The summed E-state index contributed by atoms with van der Waals surface area (Å²) in [6.45, 7) is -2.45. The Bertz CT molecular complexity index is 1020. The average Bonchev–Trinajstić information content (AvgIpc) is 3.35. The lowest BCUT2D eigenvalue weighted by atomic mass is 9.92. The number of hydrogen-bond donors (Lipinski definition) is 0. The van der Waals surface area contributed by atoms with Gasteiger partial charge in [-0.25, -0.2) is 0 Å². The standard InChI is InChI=1S/C20H23F2N5O3/c1-26(14-5-4-6-15-13(14)10-23-27(15)2)11-18-24-19(25-30-18)12-7-8-16(29-20(21)22)17(9-12)28-3/h7-10,14,20H,4-6,11H2,1-3H3/t14-/m1/s1. The normalized spacial score (nSPS) is 16.2. The van der Waals surface area contributed by atoms with Crippen LogP contribution in [0.2, 0.25) is 0 Å². The molecule has 2 aromatic heterocycles. The molecule has 0 saturated carbocycles. The molecule has 4 rings (SSSR count). The van der Waals surface area contributed by atoms with E-state index < -0.39 is 6.61 Å². The number of nitrogens with zero attached hydrogens (tertiary/aromatic N) is 5. The second-order valence-corrected chi connectivity index (χ2v) is 7.25. The molecule has 0 aliphatic heterocycles. The number of aromatic nitrogens is 4. The first-order chi connectivity index (χ1) is 14.5. The Morgan fingerprint density at radius 1 is 1.33 bits per heavy atom. The fourth-order valence-electron chi connectivity index (χ4n) is 3.90. The second kappa shape index (κ2) is 8.39. The van der Waals surface area contributed by atoms with Gasteiger partial charge in [0.15, 0.2) is 11.5 Å². The van der Waals surface area contributed by atoms with E-state index in [0.29, 0.717) is 23.8 Å². The summed E-state index contributed by atoms with van der Waals surface area (Å²) in [5, 5.41) is 8.42. The van der Waals surface area contributed by atoms with Gasteiger partial charge in [-0.2, -0.15) is 18.9 Å². The highest BCUT2D eigenvalue weighted by molar-refractivity contribution is 5.60. The molecular formula is C20H23F2N5O3. The lowest BCUT2D eigenvalue weighted by Gasteiger charge is -2.30. The van der Waals surface area contributed by atoms with Gasteiger partial charge in [-0.3, -0.25) is 9.58 Å². The lowest BCUT2D eigenvalue weighted by molar-refractivity contribution is -0.0512. The van der Waals surface area contributed by atoms with Crippen molar-refractivity contribution in [1.82, 2.24) is 24.8 Å². The van der Waals surface area contributed by atoms with E-state index >= 15 is 0 Å². The fraction of sp³-hybridized carbons (Fsp3) is 0.450. The van der Waals surface area contributed by atoms with Crippen LogP contribution in [-0.2, 0) is 20.0 Å². The molecule has 3 aromatic rings. The second-order valence-electron chi connectivity index (χ2n) is 7.25. The molecule has 160 valence electrons. The molecule has 1 atom stereocenters. The molecule has 0 saturated heterocycles. The van der Waals surface area contributed by atoms with Crippen LogP contribution >= 0.6 is 0 Å². The van der Waals surface area contributed by atoms with Gasteiger partial charge in [-0.1, -0.05) is 5.16 Å². The summed E-state index contributed by atoms with van der Waals surface area (Å²) in [7, 11) is 5.37. The molecule has 30 heavy (non-hydrogen) atoms. The minimum atomic E-state index is -2.93. The monoisotopic (exact) mass is 419 g/mol. The molecule has 8 nitrogen and oxygen atoms in total. The van der Waals surface area contributed by atoms with E-state index in [1.165, 1.54) is 24.4 Å². The number of benzene rings is 1. The number of rotatable bonds is 7. The topological polar surface area (TPSA) is 78.4 Å². The zero-order valence-corrected chi connectivity index (χ0v) is 17.0. The maximum Gasteiger partial charge on any atom is 0.387 e. The summed E-state index contributed by atoms with van der Waals surface area (Å²) in [6, 6.07) is 4.76. The summed E-state index contributed by atoms with van der Waals surface area (Å²) in [5.41, 5.74) is 3.09. The van der Waals surface area contributed by atoms with Gasteiger partial charge >= 0.3 is 6.61 Å². The predicted octanol–water partition coefficient (Wildman–Crippen LogP) is 3.59. The van der Waals surface area contributed by atoms with Crippen molar-refractivity contribution in [3.05, 3.63) is 41.5 Å². The molecule has 1 aliphatic carbocycles. The highest BCUT2D eigenvalue weighted by Gasteiger charge is 2.27. The molecule has 0 radical (unpaired) electrons. The largest absolute Gasteiger partial charge is 0.493 e. The molecule has 10 heteroatoms. The van der Waals surface area contributed by atoms with E-state index in [1.54, 1.807) is 12.1 Å². The maximum absolute atomic E-state index is 12.5. The van der Waals surface area contributed by atoms with Gasteiger partial charge in [0, 0.05) is 29.9 Å². The summed E-state index contributed by atoms with van der Waals surface area (Å²) in [6.07, 6.45) is 5.11. The predicted molar refractivity (Wildman–Crippen MR) is 103 cm³/mol. The van der Waals surface area contributed by atoms with Crippen molar-refractivity contribution >= 4 is 0 Å². The molecule has 1 aliphatic rings. The van der Waals surface area contributed by atoms with Crippen LogP contribution < -0.4 is 9.47 Å². The summed E-state index contributed by atoms with van der Waals surface area (Å²) >= 11 is 0. The van der Waals surface area contributed by atoms with Crippen LogP contribution in [-0.4, -0.2) is 45.6 Å². The fourth-order valence-corrected chi connectivity index (χ4v) is 3.90. The van der Waals surface area contributed by atoms with Crippen molar-refractivity contribution in [1.29, 1.82) is 0 Å². The van der Waals surface area contributed by atoms with E-state index in [0.717, 1.165) is 19.3 Å². The van der Waals surface area contributed by atoms with Crippen LogP contribution in [0.15, 0.2) is 28.9 Å². The number of halogens is 2. The number of aryl methyl sites for hydroxylation is 1. The van der Waals surface area contributed by atoms with Crippen molar-refractivity contribution in [2.45, 2.75) is 38.5 Å². The quantitative estimate of drug-likeness (QED) is 0.579. The van der Waals surface area contributed by atoms with Crippen LogP contribution in [0.25, 0.3) is 11.4 Å². The van der Waals surface area contributed by atoms with Gasteiger partial charge in [0.25, 0.3) is 0 Å². The van der Waals surface area contributed by atoms with E-state index in [2.05, 4.69) is 24.9 Å². The van der Waals surface area contributed by atoms with Crippen molar-refractivity contribution in [3.63, 3.8) is 0 Å². The first kappa shape index (κ1) is 20.3. The summed E-state index contributed by atoms with van der Waals surface area (Å²) in [5.74, 6) is 0.938. The van der Waals surface area contributed by atoms with E-state index in [1.807, 2.05) is 25.0 Å². The Balaban J connectivity index is 1.50. The van der Waals surface area contributed by atoms with E-state index in [-0.39, 0.29) is 17.5 Å². The van der Waals surface area contributed by atoms with Crippen LogP contribution in [0.5, 0.6) is 11.5 Å². The van der Waals surface area contributed by atoms with Gasteiger partial charge in [0.1, 0.15) is 0 Å². The molecule has 0 N–H and O–H groups in total. The summed E-state index contributed by atoms with van der Waals surface area (Å²) in [4.78, 5) is 6.64. The van der Waals surface area contributed by atoms with Crippen molar-refractivity contribution in [3.8, 4) is 22.9 Å². The molecule has 0 bridgehead atoms. The van der Waals surface area contributed by atoms with Crippen molar-refractivity contribution in [2.24, 2.45) is 7.05 Å². The Morgan fingerprint density at radius 3 is 2.93 bits per heavy atom. The molecular weight excluding hydrogens is 396 g/mol. The number of hydrogen-bond acceptors (Lipinski definition) is 7. The highest BCUT2D eigenvalue weighted by Crippen LogP contribution is 2.35. The van der Waals surface area contributed by atoms with Crippen molar-refractivity contribution in [2.75, 3.05) is 14.2 Å². The Hall–Kier alpha value is -3.01. The molecule has 1 aromatic carbocycles. The van der Waals surface area contributed by atoms with E-state index in [4.69, 9.17) is 9.26 Å². The van der Waals surface area contributed by atoms with Crippen molar-refractivity contribution < 1.29 is 22.8 Å². The zero-order valence-electron chi connectivity index (χ0n) is 17.0. The van der Waals surface area contributed by atoms with Crippen LogP contribution in [0.4, 0.5) is 8.78 Å². The van der Waals surface area contributed by atoms with Gasteiger partial charge in [-0.05, 0) is 44.5 Å². The zero-order chi connectivity index (χ0) is 21.3. The number of methoxy groups -OCH3 is 1. The Kier molecular flexibility index (Phi) is 5.67. The molecule has 0 amide bonds.